The number of aromatic nitrogens is 2. The van der Waals surface area contributed by atoms with Crippen LogP contribution in [0.5, 0.6) is 0 Å². The van der Waals surface area contributed by atoms with Crippen LogP contribution in [0, 0.1) is 6.92 Å². The van der Waals surface area contributed by atoms with Crippen molar-refractivity contribution in [1.29, 1.82) is 0 Å². The zero-order valence-electron chi connectivity index (χ0n) is 15.4. The van der Waals surface area contributed by atoms with E-state index in [1.54, 1.807) is 0 Å². The number of rotatable bonds is 5. The first-order chi connectivity index (χ1) is 12.8. The highest BCUT2D eigenvalue weighted by atomic mass is 15.3. The lowest BCUT2D eigenvalue weighted by Gasteiger charge is -2.34. The van der Waals surface area contributed by atoms with Crippen LogP contribution in [0.1, 0.15) is 17.0 Å². The Hall–Kier alpha value is -2.43. The van der Waals surface area contributed by atoms with E-state index in [9.17, 15) is 0 Å². The van der Waals surface area contributed by atoms with Gasteiger partial charge in [-0.3, -0.25) is 9.80 Å². The largest absolute Gasteiger partial charge is 0.304 e. The Bertz CT molecular complexity index is 832. The lowest BCUT2D eigenvalue weighted by molar-refractivity contribution is 0.120. The van der Waals surface area contributed by atoms with Gasteiger partial charge in [0.15, 0.2) is 0 Å². The number of nitrogens with zero attached hydrogens (tertiary/aromatic N) is 4. The molecule has 1 saturated heterocycles. The van der Waals surface area contributed by atoms with Crippen molar-refractivity contribution in [1.82, 2.24) is 19.4 Å². The van der Waals surface area contributed by atoms with Gasteiger partial charge in [0.25, 0.3) is 0 Å². The van der Waals surface area contributed by atoms with Gasteiger partial charge >= 0.3 is 0 Å². The molecular weight excluding hydrogens is 320 g/mol. The second kappa shape index (κ2) is 7.85. The van der Waals surface area contributed by atoms with Crippen LogP contribution in [-0.4, -0.2) is 45.5 Å². The topological polar surface area (TPSA) is 24.3 Å². The summed E-state index contributed by atoms with van der Waals surface area (Å²) < 4.78 is 2.21. The van der Waals surface area contributed by atoms with E-state index < -0.39 is 0 Å². The van der Waals surface area contributed by atoms with Crippen LogP contribution in [0.3, 0.4) is 0 Å². The summed E-state index contributed by atoms with van der Waals surface area (Å²) in [6.07, 6.45) is 2.11. The van der Waals surface area contributed by atoms with Gasteiger partial charge in [-0.2, -0.15) is 0 Å². The molecule has 0 aliphatic carbocycles. The van der Waals surface area contributed by atoms with Crippen molar-refractivity contribution in [3.05, 3.63) is 83.8 Å². The number of hydrogen-bond acceptors (Lipinski definition) is 3. The molecule has 0 saturated carbocycles. The molecule has 0 radical (unpaired) electrons. The molecule has 4 heteroatoms. The summed E-state index contributed by atoms with van der Waals surface area (Å²) in [5, 5.41) is 0. The minimum Gasteiger partial charge on any atom is -0.304 e. The Balaban J connectivity index is 1.36. The molecule has 3 aromatic rings. The molecule has 1 aliphatic rings. The highest BCUT2D eigenvalue weighted by Gasteiger charge is 2.18. The van der Waals surface area contributed by atoms with Gasteiger partial charge in [0.2, 0.25) is 0 Å². The molecule has 26 heavy (non-hydrogen) atoms. The fourth-order valence-electron chi connectivity index (χ4n) is 3.61. The SMILES string of the molecule is Cc1cccc(-n2cccc2CN2CCN(Cc3ccccc3)CC2)n1. The molecule has 0 atom stereocenters. The maximum absolute atomic E-state index is 4.66. The van der Waals surface area contributed by atoms with Gasteiger partial charge < -0.3 is 4.57 Å². The van der Waals surface area contributed by atoms with Crippen molar-refractivity contribution >= 4 is 0 Å². The maximum Gasteiger partial charge on any atom is 0.137 e. The molecule has 134 valence electrons. The van der Waals surface area contributed by atoms with Gasteiger partial charge in [0, 0.05) is 56.9 Å². The highest BCUT2D eigenvalue weighted by molar-refractivity contribution is 5.29. The van der Waals surface area contributed by atoms with E-state index >= 15 is 0 Å². The molecule has 0 unspecified atom stereocenters. The van der Waals surface area contributed by atoms with Crippen LogP contribution in [0.2, 0.25) is 0 Å². The molecule has 4 rings (SSSR count). The third kappa shape index (κ3) is 4.03. The summed E-state index contributed by atoms with van der Waals surface area (Å²) in [6, 6.07) is 21.3. The average Bonchev–Trinajstić information content (AvgIpc) is 3.12. The number of hydrogen-bond donors (Lipinski definition) is 0. The van der Waals surface area contributed by atoms with Crippen molar-refractivity contribution < 1.29 is 0 Å². The van der Waals surface area contributed by atoms with E-state index in [2.05, 4.69) is 80.1 Å². The third-order valence-electron chi connectivity index (χ3n) is 5.05. The summed E-state index contributed by atoms with van der Waals surface area (Å²) in [4.78, 5) is 9.76. The highest BCUT2D eigenvalue weighted by Crippen LogP contribution is 2.15. The molecule has 4 nitrogen and oxygen atoms in total. The van der Waals surface area contributed by atoms with Gasteiger partial charge in [0.05, 0.1) is 0 Å². The molecule has 2 aromatic heterocycles. The Labute approximate surface area is 155 Å². The molecule has 1 aromatic carbocycles. The quantitative estimate of drug-likeness (QED) is 0.707. The Morgan fingerprint density at radius 3 is 2.23 bits per heavy atom. The lowest BCUT2D eigenvalue weighted by Crippen LogP contribution is -2.45. The minimum atomic E-state index is 0.974. The van der Waals surface area contributed by atoms with Crippen molar-refractivity contribution in [3.8, 4) is 5.82 Å². The zero-order valence-corrected chi connectivity index (χ0v) is 15.4. The molecule has 0 bridgehead atoms. The maximum atomic E-state index is 4.66. The standard InChI is InChI=1S/C22H26N4/c1-19-7-5-11-22(23-19)26-12-6-10-21(26)18-25-15-13-24(14-16-25)17-20-8-3-2-4-9-20/h2-12H,13-18H2,1H3. The second-order valence-electron chi connectivity index (χ2n) is 7.04. The molecule has 1 fully saturated rings. The van der Waals surface area contributed by atoms with Crippen LogP contribution in [0.25, 0.3) is 5.82 Å². The van der Waals surface area contributed by atoms with Crippen LogP contribution >= 0.6 is 0 Å². The lowest BCUT2D eigenvalue weighted by atomic mass is 10.2. The van der Waals surface area contributed by atoms with Gasteiger partial charge in [-0.1, -0.05) is 36.4 Å². The van der Waals surface area contributed by atoms with E-state index in [1.807, 2.05) is 13.0 Å². The van der Waals surface area contributed by atoms with Crippen LogP contribution < -0.4 is 0 Å². The van der Waals surface area contributed by atoms with Crippen molar-refractivity contribution in [2.45, 2.75) is 20.0 Å². The summed E-state index contributed by atoms with van der Waals surface area (Å²) in [6.45, 7) is 8.54. The van der Waals surface area contributed by atoms with Crippen molar-refractivity contribution in [2.75, 3.05) is 26.2 Å². The average molecular weight is 346 g/mol. The number of piperazine rings is 1. The van der Waals surface area contributed by atoms with E-state index in [0.717, 1.165) is 50.8 Å². The van der Waals surface area contributed by atoms with Crippen molar-refractivity contribution in [3.63, 3.8) is 0 Å². The van der Waals surface area contributed by atoms with Gasteiger partial charge in [-0.05, 0) is 36.8 Å². The first kappa shape index (κ1) is 17.0. The Kier molecular flexibility index (Phi) is 5.14. The minimum absolute atomic E-state index is 0.974. The van der Waals surface area contributed by atoms with Crippen LogP contribution in [0.15, 0.2) is 66.9 Å². The summed E-state index contributed by atoms with van der Waals surface area (Å²) in [5.41, 5.74) is 3.76. The Morgan fingerprint density at radius 1 is 0.769 bits per heavy atom. The second-order valence-corrected chi connectivity index (χ2v) is 7.04. The molecular formula is C22H26N4. The Morgan fingerprint density at radius 2 is 1.50 bits per heavy atom. The van der Waals surface area contributed by atoms with Gasteiger partial charge in [-0.15, -0.1) is 0 Å². The predicted molar refractivity (Wildman–Crippen MR) is 105 cm³/mol. The van der Waals surface area contributed by atoms with E-state index in [-0.39, 0.29) is 0 Å². The molecule has 0 N–H and O–H groups in total. The molecule has 3 heterocycles. The fraction of sp³-hybridized carbons (Fsp3) is 0.318. The third-order valence-corrected chi connectivity index (χ3v) is 5.05. The monoisotopic (exact) mass is 346 g/mol. The smallest absolute Gasteiger partial charge is 0.137 e. The zero-order chi connectivity index (χ0) is 17.8. The summed E-state index contributed by atoms with van der Waals surface area (Å²) in [7, 11) is 0. The van der Waals surface area contributed by atoms with E-state index in [0.29, 0.717) is 0 Å². The van der Waals surface area contributed by atoms with Crippen molar-refractivity contribution in [2.24, 2.45) is 0 Å². The number of benzene rings is 1. The van der Waals surface area contributed by atoms with E-state index in [1.165, 1.54) is 11.3 Å². The first-order valence-corrected chi connectivity index (χ1v) is 9.37. The summed E-state index contributed by atoms with van der Waals surface area (Å²) >= 11 is 0. The van der Waals surface area contributed by atoms with Gasteiger partial charge in [0.1, 0.15) is 5.82 Å². The first-order valence-electron chi connectivity index (χ1n) is 9.37. The molecule has 0 amide bonds. The van der Waals surface area contributed by atoms with Gasteiger partial charge in [-0.25, -0.2) is 4.98 Å². The number of aryl methyl sites for hydroxylation is 1. The summed E-state index contributed by atoms with van der Waals surface area (Å²) in [5.74, 6) is 1.01. The molecule has 0 spiro atoms. The van der Waals surface area contributed by atoms with E-state index in [4.69, 9.17) is 0 Å². The van der Waals surface area contributed by atoms with Crippen LogP contribution in [-0.2, 0) is 13.1 Å². The number of pyridine rings is 1. The predicted octanol–water partition coefficient (Wildman–Crippen LogP) is 3.50. The normalized spacial score (nSPS) is 16.0. The molecule has 1 aliphatic heterocycles. The van der Waals surface area contributed by atoms with Crippen LogP contribution in [0.4, 0.5) is 0 Å². The fourth-order valence-corrected chi connectivity index (χ4v) is 3.61.